The predicted molar refractivity (Wildman–Crippen MR) is 29.6 cm³/mol. The fourth-order valence-corrected chi connectivity index (χ4v) is 0.422. The molecule has 0 unspecified atom stereocenters. The Bertz CT molecular complexity index is 150. The largest absolute Gasteiger partial charge is 0.538 e. The zero-order valence-electron chi connectivity index (χ0n) is 4.59. The highest BCUT2D eigenvalue weighted by Gasteiger charge is 1.71. The molecule has 2 heteroatoms. The minimum absolute atomic E-state index is 0.604. The van der Waals surface area contributed by atoms with Crippen LogP contribution in [0.3, 0.4) is 0 Å². The van der Waals surface area contributed by atoms with E-state index >= 15 is 0 Å². The summed E-state index contributed by atoms with van der Waals surface area (Å²) < 4.78 is 4.77. The second kappa shape index (κ2) is 2.31. The van der Waals surface area contributed by atoms with E-state index in [0.29, 0.717) is 5.88 Å². The third-order valence-electron chi connectivity index (χ3n) is 0.788. The van der Waals surface area contributed by atoms with Crippen molar-refractivity contribution in [1.29, 1.82) is 0 Å². The van der Waals surface area contributed by atoms with Gasteiger partial charge in [-0.05, 0) is 0 Å². The van der Waals surface area contributed by atoms with E-state index in [0.717, 1.165) is 0 Å². The minimum atomic E-state index is 0.604. The lowest BCUT2D eigenvalue weighted by Gasteiger charge is -2.01. The van der Waals surface area contributed by atoms with E-state index in [1.54, 1.807) is 25.4 Å². The molecule has 8 heavy (non-hydrogen) atoms. The van der Waals surface area contributed by atoms with Gasteiger partial charge >= 0.3 is 0 Å². The molecule has 2 nitrogen and oxygen atoms in total. The number of pyridine rings is 1. The van der Waals surface area contributed by atoms with Crippen LogP contribution in [0.5, 0.6) is 5.88 Å². The third kappa shape index (κ3) is 0.964. The molecular formula is C6H6NO-. The smallest absolute Gasteiger partial charge is 0.0964 e. The molecule has 0 aromatic carbocycles. The van der Waals surface area contributed by atoms with Crippen LogP contribution in [0.2, 0.25) is 0 Å². The van der Waals surface area contributed by atoms with E-state index in [2.05, 4.69) is 11.1 Å². The van der Waals surface area contributed by atoms with Crippen LogP contribution in [-0.2, 0) is 0 Å². The number of nitrogens with zero attached hydrogens (tertiary/aromatic N) is 1. The highest BCUT2D eigenvalue weighted by molar-refractivity contribution is 5.07. The lowest BCUT2D eigenvalue weighted by molar-refractivity contribution is 0.398. The van der Waals surface area contributed by atoms with Crippen molar-refractivity contribution in [2.24, 2.45) is 0 Å². The summed E-state index contributed by atoms with van der Waals surface area (Å²) in [6.07, 6.45) is 1.64. The zero-order valence-corrected chi connectivity index (χ0v) is 4.59. The molecule has 0 saturated heterocycles. The van der Waals surface area contributed by atoms with Crippen LogP contribution in [-0.4, -0.2) is 12.1 Å². The average molecular weight is 108 g/mol. The van der Waals surface area contributed by atoms with Crippen LogP contribution in [0.15, 0.2) is 18.3 Å². The fourth-order valence-electron chi connectivity index (χ4n) is 0.422. The molecule has 0 N–H and O–H groups in total. The van der Waals surface area contributed by atoms with Crippen LogP contribution in [0.25, 0.3) is 0 Å². The van der Waals surface area contributed by atoms with Crippen molar-refractivity contribution in [2.75, 3.05) is 7.11 Å². The molecule has 1 rings (SSSR count). The SMILES string of the molecule is COc1c[c-]ccn1. The molecule has 0 amide bonds. The Hall–Kier alpha value is -1.05. The van der Waals surface area contributed by atoms with Crippen molar-refractivity contribution in [3.05, 3.63) is 24.4 Å². The summed E-state index contributed by atoms with van der Waals surface area (Å²) in [5.74, 6) is 0.604. The van der Waals surface area contributed by atoms with E-state index in [1.807, 2.05) is 0 Å². The van der Waals surface area contributed by atoms with Crippen molar-refractivity contribution in [3.8, 4) is 5.88 Å². The first-order chi connectivity index (χ1) is 3.93. The van der Waals surface area contributed by atoms with Crippen LogP contribution in [0.4, 0.5) is 0 Å². The number of methoxy groups -OCH3 is 1. The second-order valence-electron chi connectivity index (χ2n) is 1.30. The molecule has 1 aromatic rings. The first-order valence-corrected chi connectivity index (χ1v) is 2.29. The van der Waals surface area contributed by atoms with Gasteiger partial charge in [-0.2, -0.15) is 12.1 Å². The maximum atomic E-state index is 4.77. The molecular weight excluding hydrogens is 102 g/mol. The van der Waals surface area contributed by atoms with Gasteiger partial charge in [0.1, 0.15) is 0 Å². The molecule has 0 bridgehead atoms. The molecule has 1 heterocycles. The monoisotopic (exact) mass is 108 g/mol. The Balaban J connectivity index is 2.83. The van der Waals surface area contributed by atoms with E-state index < -0.39 is 0 Å². The molecule has 1 aromatic heterocycles. The van der Waals surface area contributed by atoms with Crippen molar-refractivity contribution in [3.63, 3.8) is 0 Å². The Labute approximate surface area is 48.1 Å². The number of ether oxygens (including phenoxy) is 1. The Morgan fingerprint density at radius 3 is 3.00 bits per heavy atom. The van der Waals surface area contributed by atoms with Gasteiger partial charge in [-0.15, -0.1) is 6.07 Å². The maximum absolute atomic E-state index is 4.77. The van der Waals surface area contributed by atoms with Gasteiger partial charge in [0.05, 0.1) is 13.0 Å². The fraction of sp³-hybridized carbons (Fsp3) is 0.167. The van der Waals surface area contributed by atoms with E-state index in [-0.39, 0.29) is 0 Å². The van der Waals surface area contributed by atoms with Crippen LogP contribution in [0, 0.1) is 6.07 Å². The number of hydrogen-bond donors (Lipinski definition) is 0. The zero-order chi connectivity index (χ0) is 5.82. The quantitative estimate of drug-likeness (QED) is 0.498. The molecule has 0 aliphatic heterocycles. The Morgan fingerprint density at radius 1 is 1.75 bits per heavy atom. The first kappa shape index (κ1) is 5.09. The molecule has 0 fully saturated rings. The summed E-state index contributed by atoms with van der Waals surface area (Å²) in [4.78, 5) is 3.84. The first-order valence-electron chi connectivity index (χ1n) is 2.29. The summed E-state index contributed by atoms with van der Waals surface area (Å²) in [6.45, 7) is 0. The highest BCUT2D eigenvalue weighted by atomic mass is 16.5. The van der Waals surface area contributed by atoms with Crippen molar-refractivity contribution < 1.29 is 4.74 Å². The number of rotatable bonds is 1. The topological polar surface area (TPSA) is 22.1 Å². The Kier molecular flexibility index (Phi) is 1.47. The van der Waals surface area contributed by atoms with Gasteiger partial charge in [0, 0.05) is 0 Å². The highest BCUT2D eigenvalue weighted by Crippen LogP contribution is 1.99. The molecule has 0 radical (unpaired) electrons. The molecule has 42 valence electrons. The second-order valence-corrected chi connectivity index (χ2v) is 1.30. The number of aromatic nitrogens is 1. The molecule has 0 saturated carbocycles. The normalized spacial score (nSPS) is 8.62. The van der Waals surface area contributed by atoms with E-state index in [4.69, 9.17) is 4.74 Å². The van der Waals surface area contributed by atoms with Gasteiger partial charge in [-0.25, -0.2) is 0 Å². The van der Waals surface area contributed by atoms with Crippen molar-refractivity contribution >= 4 is 0 Å². The van der Waals surface area contributed by atoms with Crippen molar-refractivity contribution in [1.82, 2.24) is 4.98 Å². The van der Waals surface area contributed by atoms with Gasteiger partial charge in [0.2, 0.25) is 0 Å². The summed E-state index contributed by atoms with van der Waals surface area (Å²) in [5, 5.41) is 0. The Morgan fingerprint density at radius 2 is 2.62 bits per heavy atom. The number of hydrogen-bond acceptors (Lipinski definition) is 2. The van der Waals surface area contributed by atoms with Gasteiger partial charge < -0.3 is 9.72 Å². The molecule has 0 atom stereocenters. The van der Waals surface area contributed by atoms with Gasteiger partial charge in [0.25, 0.3) is 0 Å². The maximum Gasteiger partial charge on any atom is 0.0964 e. The van der Waals surface area contributed by atoms with E-state index in [9.17, 15) is 0 Å². The summed E-state index contributed by atoms with van der Waals surface area (Å²) in [7, 11) is 1.58. The van der Waals surface area contributed by atoms with Gasteiger partial charge in [0.15, 0.2) is 0 Å². The average Bonchev–Trinajstić information content (AvgIpc) is 1.90. The predicted octanol–water partition coefficient (Wildman–Crippen LogP) is 0.890. The summed E-state index contributed by atoms with van der Waals surface area (Å²) >= 11 is 0. The van der Waals surface area contributed by atoms with Gasteiger partial charge in [-0.3, -0.25) is 0 Å². The summed E-state index contributed by atoms with van der Waals surface area (Å²) in [6, 6.07) is 6.23. The molecule has 0 spiro atoms. The minimum Gasteiger partial charge on any atom is -0.538 e. The lowest BCUT2D eigenvalue weighted by atomic mass is 10.5. The molecule has 0 aliphatic carbocycles. The molecule has 0 aliphatic rings. The van der Waals surface area contributed by atoms with Crippen LogP contribution >= 0.6 is 0 Å². The van der Waals surface area contributed by atoms with E-state index in [1.165, 1.54) is 0 Å². The van der Waals surface area contributed by atoms with Crippen LogP contribution in [0.1, 0.15) is 0 Å². The van der Waals surface area contributed by atoms with Gasteiger partial charge in [-0.1, -0.05) is 6.20 Å². The van der Waals surface area contributed by atoms with Crippen molar-refractivity contribution in [2.45, 2.75) is 0 Å². The standard InChI is InChI=1S/C6H6NO/c1-8-6-4-2-3-5-7-6/h3-5H,1H3/q-1. The summed E-state index contributed by atoms with van der Waals surface area (Å²) in [5.41, 5.74) is 0. The third-order valence-corrected chi connectivity index (χ3v) is 0.788. The van der Waals surface area contributed by atoms with Crippen LogP contribution < -0.4 is 4.74 Å². The lowest BCUT2D eigenvalue weighted by Crippen LogP contribution is -1.83.